The highest BCUT2D eigenvalue weighted by Gasteiger charge is 2.29. The van der Waals surface area contributed by atoms with Gasteiger partial charge >= 0.3 is 5.97 Å². The first-order chi connectivity index (χ1) is 9.52. The lowest BCUT2D eigenvalue weighted by Crippen LogP contribution is -2.24. The average molecular weight is 291 g/mol. The van der Waals surface area contributed by atoms with E-state index in [1.165, 1.54) is 0 Å². The van der Waals surface area contributed by atoms with Gasteiger partial charge in [0.2, 0.25) is 0 Å². The Balaban J connectivity index is 1.86. The van der Waals surface area contributed by atoms with E-state index in [2.05, 4.69) is 5.32 Å². The van der Waals surface area contributed by atoms with Crippen molar-refractivity contribution in [1.29, 1.82) is 0 Å². The van der Waals surface area contributed by atoms with E-state index in [4.69, 9.17) is 9.84 Å². The van der Waals surface area contributed by atoms with Gasteiger partial charge in [-0.1, -0.05) is 12.1 Å². The number of hydrogen-bond acceptors (Lipinski definition) is 5. The molecular weight excluding hydrogens is 282 g/mol. The SMILES string of the molecule is O=C1NC(=O)/C(=C\c2ccc3c(c2)OC(C(=O)O)C3)S1. The second kappa shape index (κ2) is 4.68. The van der Waals surface area contributed by atoms with Crippen LogP contribution in [-0.2, 0) is 16.0 Å². The number of fused-ring (bicyclic) bond motifs is 1. The van der Waals surface area contributed by atoms with Crippen molar-refractivity contribution in [3.63, 3.8) is 0 Å². The fraction of sp³-hybridized carbons (Fsp3) is 0.154. The highest BCUT2D eigenvalue weighted by Crippen LogP contribution is 2.32. The molecule has 7 heteroatoms. The average Bonchev–Trinajstić information content (AvgIpc) is 2.93. The number of carbonyl (C=O) groups is 3. The first kappa shape index (κ1) is 12.7. The number of ether oxygens (including phenoxy) is 1. The number of nitrogens with one attached hydrogen (secondary N) is 1. The molecule has 1 aromatic carbocycles. The van der Waals surface area contributed by atoms with Gasteiger partial charge in [-0.3, -0.25) is 14.9 Å². The van der Waals surface area contributed by atoms with Gasteiger partial charge in [0.1, 0.15) is 5.75 Å². The topological polar surface area (TPSA) is 92.7 Å². The summed E-state index contributed by atoms with van der Waals surface area (Å²) in [4.78, 5) is 33.7. The summed E-state index contributed by atoms with van der Waals surface area (Å²) < 4.78 is 5.32. The fourth-order valence-electron chi connectivity index (χ4n) is 2.04. The maximum atomic E-state index is 11.4. The molecule has 2 aliphatic heterocycles. The van der Waals surface area contributed by atoms with Crippen LogP contribution in [0.3, 0.4) is 0 Å². The van der Waals surface area contributed by atoms with Crippen LogP contribution in [-0.4, -0.2) is 28.3 Å². The molecule has 2 aliphatic rings. The molecule has 0 saturated carbocycles. The molecule has 3 rings (SSSR count). The van der Waals surface area contributed by atoms with E-state index < -0.39 is 23.2 Å². The number of amides is 2. The van der Waals surface area contributed by atoms with Crippen LogP contribution in [0.4, 0.5) is 4.79 Å². The second-order valence-electron chi connectivity index (χ2n) is 4.37. The van der Waals surface area contributed by atoms with Gasteiger partial charge in [0.05, 0.1) is 4.91 Å². The summed E-state index contributed by atoms with van der Waals surface area (Å²) in [6.45, 7) is 0. The third-order valence-corrected chi connectivity index (χ3v) is 3.79. The normalized spacial score (nSPS) is 22.6. The lowest BCUT2D eigenvalue weighted by atomic mass is 10.1. The summed E-state index contributed by atoms with van der Waals surface area (Å²) >= 11 is 0.834. The molecule has 1 atom stereocenters. The molecular formula is C13H9NO5S. The molecule has 0 aliphatic carbocycles. The van der Waals surface area contributed by atoms with E-state index in [0.29, 0.717) is 22.6 Å². The monoisotopic (exact) mass is 291 g/mol. The van der Waals surface area contributed by atoms with E-state index >= 15 is 0 Å². The molecule has 0 radical (unpaired) electrons. The van der Waals surface area contributed by atoms with Gasteiger partial charge in [0.25, 0.3) is 11.1 Å². The largest absolute Gasteiger partial charge is 0.478 e. The minimum Gasteiger partial charge on any atom is -0.478 e. The van der Waals surface area contributed by atoms with Crippen LogP contribution in [0.2, 0.25) is 0 Å². The number of hydrogen-bond donors (Lipinski definition) is 2. The van der Waals surface area contributed by atoms with Crippen molar-refractivity contribution >= 4 is 35.0 Å². The minimum atomic E-state index is -1.00. The molecule has 1 fully saturated rings. The van der Waals surface area contributed by atoms with Gasteiger partial charge in [-0.2, -0.15) is 0 Å². The van der Waals surface area contributed by atoms with Crippen molar-refractivity contribution < 1.29 is 24.2 Å². The lowest BCUT2D eigenvalue weighted by molar-refractivity contribution is -0.144. The van der Waals surface area contributed by atoms with Gasteiger partial charge in [0.15, 0.2) is 6.10 Å². The first-order valence-corrected chi connectivity index (χ1v) is 6.62. The number of carbonyl (C=O) groups excluding carboxylic acids is 2. The van der Waals surface area contributed by atoms with E-state index in [1.54, 1.807) is 24.3 Å². The summed E-state index contributed by atoms with van der Waals surface area (Å²) in [5, 5.41) is 10.7. The smallest absolute Gasteiger partial charge is 0.345 e. The summed E-state index contributed by atoms with van der Waals surface area (Å²) in [6.07, 6.45) is 1.04. The Morgan fingerprint density at radius 1 is 1.45 bits per heavy atom. The van der Waals surface area contributed by atoms with Crippen molar-refractivity contribution in [1.82, 2.24) is 5.32 Å². The van der Waals surface area contributed by atoms with Crippen LogP contribution in [0.5, 0.6) is 5.75 Å². The second-order valence-corrected chi connectivity index (χ2v) is 5.38. The number of benzene rings is 1. The molecule has 2 N–H and O–H groups in total. The Morgan fingerprint density at radius 3 is 2.90 bits per heavy atom. The Hall–Kier alpha value is -2.28. The minimum absolute atomic E-state index is 0.308. The van der Waals surface area contributed by atoms with Gasteiger partial charge in [-0.05, 0) is 35.0 Å². The van der Waals surface area contributed by atoms with Crippen molar-refractivity contribution in [2.45, 2.75) is 12.5 Å². The zero-order chi connectivity index (χ0) is 14.3. The van der Waals surface area contributed by atoms with Crippen LogP contribution in [0.15, 0.2) is 23.1 Å². The predicted octanol–water partition coefficient (Wildman–Crippen LogP) is 1.40. The van der Waals surface area contributed by atoms with Gasteiger partial charge in [-0.15, -0.1) is 0 Å². The zero-order valence-electron chi connectivity index (χ0n) is 10.1. The molecule has 1 saturated heterocycles. The molecule has 102 valence electrons. The number of imide groups is 1. The van der Waals surface area contributed by atoms with E-state index in [1.807, 2.05) is 0 Å². The number of carboxylic acids is 1. The predicted molar refractivity (Wildman–Crippen MR) is 71.3 cm³/mol. The van der Waals surface area contributed by atoms with E-state index in [0.717, 1.165) is 17.3 Å². The maximum Gasteiger partial charge on any atom is 0.345 e. The third kappa shape index (κ3) is 2.27. The molecule has 2 amide bonds. The number of rotatable bonds is 2. The van der Waals surface area contributed by atoms with E-state index in [-0.39, 0.29) is 0 Å². The third-order valence-electron chi connectivity index (χ3n) is 2.98. The van der Waals surface area contributed by atoms with Gasteiger partial charge in [0, 0.05) is 6.42 Å². The molecule has 0 bridgehead atoms. The van der Waals surface area contributed by atoms with E-state index in [9.17, 15) is 14.4 Å². The van der Waals surface area contributed by atoms with Crippen LogP contribution in [0.25, 0.3) is 6.08 Å². The van der Waals surface area contributed by atoms with Crippen molar-refractivity contribution in [2.75, 3.05) is 0 Å². The number of carboxylic acid groups (broad SMARTS) is 1. The highest BCUT2D eigenvalue weighted by atomic mass is 32.2. The maximum absolute atomic E-state index is 11.4. The Labute approximate surface area is 117 Å². The highest BCUT2D eigenvalue weighted by molar-refractivity contribution is 8.18. The number of thioether (sulfide) groups is 1. The van der Waals surface area contributed by atoms with Crippen molar-refractivity contribution in [3.8, 4) is 5.75 Å². The lowest BCUT2D eigenvalue weighted by Gasteiger charge is -2.04. The summed E-state index contributed by atoms with van der Waals surface area (Å²) in [7, 11) is 0. The Morgan fingerprint density at radius 2 is 2.25 bits per heavy atom. The van der Waals surface area contributed by atoms with Gasteiger partial charge in [-0.25, -0.2) is 4.79 Å². The number of aliphatic carboxylic acids is 1. The van der Waals surface area contributed by atoms with Crippen molar-refractivity contribution in [2.24, 2.45) is 0 Å². The fourth-order valence-corrected chi connectivity index (χ4v) is 2.73. The Bertz CT molecular complexity index is 667. The molecule has 6 nitrogen and oxygen atoms in total. The Kier molecular flexibility index (Phi) is 2.98. The zero-order valence-corrected chi connectivity index (χ0v) is 10.9. The molecule has 2 heterocycles. The van der Waals surface area contributed by atoms with Crippen LogP contribution >= 0.6 is 11.8 Å². The quantitative estimate of drug-likeness (QED) is 0.800. The summed E-state index contributed by atoms with van der Waals surface area (Å²) in [6, 6.07) is 5.20. The summed E-state index contributed by atoms with van der Waals surface area (Å²) in [5.74, 6) is -0.927. The molecule has 20 heavy (non-hydrogen) atoms. The standard InChI is InChI=1S/C13H9NO5S/c15-11-10(20-13(18)14-11)4-6-1-2-7-5-9(12(16)17)19-8(7)3-6/h1-4,9H,5H2,(H,16,17)(H,14,15,18)/b10-4+. The van der Waals surface area contributed by atoms with Crippen LogP contribution < -0.4 is 10.1 Å². The summed E-state index contributed by atoms with van der Waals surface area (Å²) in [5.41, 5.74) is 1.50. The van der Waals surface area contributed by atoms with Crippen LogP contribution in [0, 0.1) is 0 Å². The first-order valence-electron chi connectivity index (χ1n) is 5.80. The molecule has 0 spiro atoms. The molecule has 1 aromatic rings. The molecule has 1 unspecified atom stereocenters. The van der Waals surface area contributed by atoms with Crippen LogP contribution in [0.1, 0.15) is 11.1 Å². The van der Waals surface area contributed by atoms with Gasteiger partial charge < -0.3 is 9.84 Å². The van der Waals surface area contributed by atoms with Crippen molar-refractivity contribution in [3.05, 3.63) is 34.2 Å². The molecule has 0 aromatic heterocycles.